The van der Waals surface area contributed by atoms with Crippen molar-refractivity contribution < 1.29 is 21.6 Å². The Labute approximate surface area is 133 Å². The molecule has 0 spiro atoms. The molecule has 1 aliphatic heterocycles. The molecule has 1 atom stereocenters. The maximum absolute atomic E-state index is 12.2. The molecule has 0 saturated carbocycles. The van der Waals surface area contributed by atoms with Crippen LogP contribution in [0.2, 0.25) is 0 Å². The molecule has 22 heavy (non-hydrogen) atoms. The Bertz CT molecular complexity index is 570. The summed E-state index contributed by atoms with van der Waals surface area (Å²) in [6.45, 7) is 1.16. The van der Waals surface area contributed by atoms with Crippen LogP contribution < -0.4 is 10.0 Å². The maximum Gasteiger partial charge on any atom is 0.393 e. The van der Waals surface area contributed by atoms with E-state index in [4.69, 9.17) is 0 Å². The van der Waals surface area contributed by atoms with Gasteiger partial charge in [-0.3, -0.25) is 0 Å². The van der Waals surface area contributed by atoms with Gasteiger partial charge in [-0.2, -0.15) is 13.2 Å². The van der Waals surface area contributed by atoms with E-state index in [1.165, 1.54) is 24.3 Å². The first-order chi connectivity index (χ1) is 9.76. The van der Waals surface area contributed by atoms with Gasteiger partial charge in [-0.1, -0.05) is 12.1 Å². The normalized spacial score (nSPS) is 19.0. The predicted molar refractivity (Wildman–Crippen MR) is 79.7 cm³/mol. The third kappa shape index (κ3) is 5.75. The monoisotopic (exact) mass is 358 g/mol. The zero-order chi connectivity index (χ0) is 15.5. The van der Waals surface area contributed by atoms with Crippen molar-refractivity contribution in [3.8, 4) is 0 Å². The standard InChI is InChI=1S/C13H17F3N2O2S.ClH/c14-13(15,16)8-10-3-5-12(6-4-10)21(19,20)18-9-11-2-1-7-17-11;/h3-6,11,17-18H,1-2,7-9H2;1H. The van der Waals surface area contributed by atoms with E-state index in [0.29, 0.717) is 0 Å². The van der Waals surface area contributed by atoms with E-state index in [1.54, 1.807) is 0 Å². The van der Waals surface area contributed by atoms with E-state index in [-0.39, 0.29) is 35.5 Å². The molecule has 9 heteroatoms. The Morgan fingerprint density at radius 1 is 1.23 bits per heavy atom. The zero-order valence-corrected chi connectivity index (χ0v) is 13.3. The van der Waals surface area contributed by atoms with Crippen molar-refractivity contribution >= 4 is 22.4 Å². The van der Waals surface area contributed by atoms with Crippen LogP contribution in [-0.2, 0) is 16.4 Å². The molecule has 2 rings (SSSR count). The molecule has 1 heterocycles. The molecule has 1 aromatic carbocycles. The van der Waals surface area contributed by atoms with Crippen LogP contribution in [0, 0.1) is 0 Å². The summed E-state index contributed by atoms with van der Waals surface area (Å²) in [5, 5.41) is 3.16. The lowest BCUT2D eigenvalue weighted by Gasteiger charge is -2.12. The summed E-state index contributed by atoms with van der Waals surface area (Å²) in [6, 6.07) is 4.90. The molecule has 1 unspecified atom stereocenters. The highest BCUT2D eigenvalue weighted by Gasteiger charge is 2.27. The highest BCUT2D eigenvalue weighted by atomic mass is 35.5. The molecule has 1 aromatic rings. The third-order valence-electron chi connectivity index (χ3n) is 3.32. The lowest BCUT2D eigenvalue weighted by atomic mass is 10.1. The number of nitrogens with one attached hydrogen (secondary N) is 2. The predicted octanol–water partition coefficient (Wildman–Crippen LogP) is 2.24. The Balaban J connectivity index is 0.00000242. The molecule has 0 aromatic heterocycles. The largest absolute Gasteiger partial charge is 0.393 e. The smallest absolute Gasteiger partial charge is 0.313 e. The average molecular weight is 359 g/mol. The first kappa shape index (κ1) is 19.2. The van der Waals surface area contributed by atoms with Crippen LogP contribution in [0.5, 0.6) is 0 Å². The van der Waals surface area contributed by atoms with Crippen LogP contribution in [0.25, 0.3) is 0 Å². The quantitative estimate of drug-likeness (QED) is 0.848. The summed E-state index contributed by atoms with van der Waals surface area (Å²) in [6.07, 6.45) is -3.44. The van der Waals surface area contributed by atoms with Crippen LogP contribution in [0.1, 0.15) is 18.4 Å². The van der Waals surface area contributed by atoms with Gasteiger partial charge in [0.25, 0.3) is 0 Å². The van der Waals surface area contributed by atoms with Crippen molar-refractivity contribution in [2.45, 2.75) is 36.4 Å². The van der Waals surface area contributed by atoms with E-state index in [2.05, 4.69) is 10.0 Å². The van der Waals surface area contributed by atoms with Crippen molar-refractivity contribution in [1.82, 2.24) is 10.0 Å². The summed E-state index contributed by atoms with van der Waals surface area (Å²) < 4.78 is 63.2. The van der Waals surface area contributed by atoms with Gasteiger partial charge < -0.3 is 5.32 Å². The van der Waals surface area contributed by atoms with Gasteiger partial charge in [0.05, 0.1) is 11.3 Å². The second kappa shape index (κ2) is 7.63. The number of sulfonamides is 1. The van der Waals surface area contributed by atoms with Gasteiger partial charge in [0.2, 0.25) is 10.0 Å². The van der Waals surface area contributed by atoms with Gasteiger partial charge in [-0.15, -0.1) is 12.4 Å². The lowest BCUT2D eigenvalue weighted by molar-refractivity contribution is -0.127. The van der Waals surface area contributed by atoms with Crippen LogP contribution in [-0.4, -0.2) is 33.7 Å². The molecular formula is C13H18ClF3N2O2S. The Hall–Kier alpha value is -0.830. The highest BCUT2D eigenvalue weighted by Crippen LogP contribution is 2.22. The van der Waals surface area contributed by atoms with Crippen LogP contribution in [0.15, 0.2) is 29.2 Å². The molecule has 0 amide bonds. The number of hydrogen-bond donors (Lipinski definition) is 2. The Kier molecular flexibility index (Phi) is 6.66. The number of hydrogen-bond acceptors (Lipinski definition) is 3. The molecular weight excluding hydrogens is 341 g/mol. The summed E-state index contributed by atoms with van der Waals surface area (Å²) in [5.41, 5.74) is 0.0407. The minimum atomic E-state index is -4.30. The van der Waals surface area contributed by atoms with Gasteiger partial charge in [0.1, 0.15) is 0 Å². The van der Waals surface area contributed by atoms with E-state index in [9.17, 15) is 21.6 Å². The second-order valence-corrected chi connectivity index (χ2v) is 6.85. The van der Waals surface area contributed by atoms with Gasteiger partial charge >= 0.3 is 6.18 Å². The van der Waals surface area contributed by atoms with Gasteiger partial charge in [0, 0.05) is 12.6 Å². The van der Waals surface area contributed by atoms with Crippen molar-refractivity contribution in [2.75, 3.05) is 13.1 Å². The van der Waals surface area contributed by atoms with Gasteiger partial charge in [0.15, 0.2) is 0 Å². The fourth-order valence-corrected chi connectivity index (χ4v) is 3.32. The molecule has 0 bridgehead atoms. The molecule has 1 aliphatic rings. The number of benzene rings is 1. The minimum Gasteiger partial charge on any atom is -0.313 e. The summed E-state index contributed by atoms with van der Waals surface area (Å²) in [5.74, 6) is 0. The topological polar surface area (TPSA) is 58.2 Å². The molecule has 126 valence electrons. The summed E-state index contributed by atoms with van der Waals surface area (Å²) in [7, 11) is -3.68. The van der Waals surface area contributed by atoms with E-state index >= 15 is 0 Å². The summed E-state index contributed by atoms with van der Waals surface area (Å²) in [4.78, 5) is -0.0218. The number of alkyl halides is 3. The van der Waals surface area contributed by atoms with E-state index in [1.807, 2.05) is 0 Å². The van der Waals surface area contributed by atoms with Crippen molar-refractivity contribution in [3.05, 3.63) is 29.8 Å². The average Bonchev–Trinajstić information content (AvgIpc) is 2.88. The zero-order valence-electron chi connectivity index (χ0n) is 11.7. The number of halogens is 4. The first-order valence-electron chi connectivity index (χ1n) is 6.65. The van der Waals surface area contributed by atoms with Crippen molar-refractivity contribution in [3.63, 3.8) is 0 Å². The number of rotatable bonds is 5. The molecule has 2 N–H and O–H groups in total. The SMILES string of the molecule is Cl.O=S(=O)(NCC1CCCN1)c1ccc(CC(F)(F)F)cc1. The molecule has 0 aliphatic carbocycles. The van der Waals surface area contributed by atoms with Crippen LogP contribution in [0.3, 0.4) is 0 Å². The maximum atomic E-state index is 12.2. The van der Waals surface area contributed by atoms with E-state index < -0.39 is 22.6 Å². The van der Waals surface area contributed by atoms with Crippen LogP contribution in [0.4, 0.5) is 13.2 Å². The first-order valence-corrected chi connectivity index (χ1v) is 8.13. The fourth-order valence-electron chi connectivity index (χ4n) is 2.24. The summed E-state index contributed by atoms with van der Waals surface area (Å²) >= 11 is 0. The Morgan fingerprint density at radius 2 is 1.86 bits per heavy atom. The molecule has 4 nitrogen and oxygen atoms in total. The highest BCUT2D eigenvalue weighted by molar-refractivity contribution is 7.89. The fraction of sp³-hybridized carbons (Fsp3) is 0.538. The van der Waals surface area contributed by atoms with E-state index in [0.717, 1.165) is 19.4 Å². The lowest BCUT2D eigenvalue weighted by Crippen LogP contribution is -2.37. The minimum absolute atomic E-state index is 0. The van der Waals surface area contributed by atoms with Gasteiger partial charge in [-0.05, 0) is 37.1 Å². The van der Waals surface area contributed by atoms with Crippen LogP contribution >= 0.6 is 12.4 Å². The van der Waals surface area contributed by atoms with Crippen molar-refractivity contribution in [1.29, 1.82) is 0 Å². The third-order valence-corrected chi connectivity index (χ3v) is 4.76. The Morgan fingerprint density at radius 3 is 2.36 bits per heavy atom. The van der Waals surface area contributed by atoms with Gasteiger partial charge in [-0.25, -0.2) is 13.1 Å². The molecule has 1 fully saturated rings. The second-order valence-electron chi connectivity index (χ2n) is 5.08. The van der Waals surface area contributed by atoms with Crippen molar-refractivity contribution in [2.24, 2.45) is 0 Å². The molecule has 1 saturated heterocycles. The molecule has 0 radical (unpaired) electrons.